The highest BCUT2D eigenvalue weighted by Crippen LogP contribution is 2.25. The molecule has 0 aliphatic carbocycles. The SMILES string of the molecule is CCNC(=O)C(CC)N(Cc1cccc(C)c1)C(=O)CN(c1cccc(C)c1C)S(C)(=O)=O. The molecule has 0 aromatic heterocycles. The van der Waals surface area contributed by atoms with Gasteiger partial charge in [-0.15, -0.1) is 0 Å². The fourth-order valence-electron chi connectivity index (χ4n) is 3.82. The zero-order chi connectivity index (χ0) is 24.8. The molecule has 0 aliphatic rings. The van der Waals surface area contributed by atoms with E-state index in [-0.39, 0.29) is 19.0 Å². The topological polar surface area (TPSA) is 86.8 Å². The van der Waals surface area contributed by atoms with Crippen molar-refractivity contribution >= 4 is 27.5 Å². The number of hydrogen-bond donors (Lipinski definition) is 1. The minimum Gasteiger partial charge on any atom is -0.355 e. The lowest BCUT2D eigenvalue weighted by Gasteiger charge is -2.33. The first-order valence-corrected chi connectivity index (χ1v) is 13.0. The summed E-state index contributed by atoms with van der Waals surface area (Å²) in [7, 11) is -3.74. The molecule has 180 valence electrons. The van der Waals surface area contributed by atoms with Gasteiger partial charge in [0.1, 0.15) is 12.6 Å². The second-order valence-electron chi connectivity index (χ2n) is 8.32. The molecule has 0 radical (unpaired) electrons. The van der Waals surface area contributed by atoms with Gasteiger partial charge < -0.3 is 10.2 Å². The Labute approximate surface area is 197 Å². The van der Waals surface area contributed by atoms with Crippen LogP contribution in [-0.2, 0) is 26.2 Å². The molecular formula is C25H35N3O4S. The van der Waals surface area contributed by atoms with Crippen LogP contribution in [0.1, 0.15) is 42.5 Å². The van der Waals surface area contributed by atoms with Crippen LogP contribution < -0.4 is 9.62 Å². The van der Waals surface area contributed by atoms with Gasteiger partial charge in [0.25, 0.3) is 0 Å². The van der Waals surface area contributed by atoms with Gasteiger partial charge in [-0.1, -0.05) is 48.9 Å². The van der Waals surface area contributed by atoms with Crippen LogP contribution in [0.25, 0.3) is 0 Å². The van der Waals surface area contributed by atoms with Crippen molar-refractivity contribution in [3.8, 4) is 0 Å². The quantitative estimate of drug-likeness (QED) is 0.574. The third-order valence-electron chi connectivity index (χ3n) is 5.70. The van der Waals surface area contributed by atoms with E-state index in [1.165, 1.54) is 4.90 Å². The average Bonchev–Trinajstić information content (AvgIpc) is 2.73. The van der Waals surface area contributed by atoms with Gasteiger partial charge in [-0.05, 0) is 56.9 Å². The third kappa shape index (κ3) is 6.81. The van der Waals surface area contributed by atoms with Gasteiger partial charge in [0.15, 0.2) is 0 Å². The van der Waals surface area contributed by atoms with E-state index in [2.05, 4.69) is 5.32 Å². The lowest BCUT2D eigenvalue weighted by atomic mass is 10.1. The third-order valence-corrected chi connectivity index (χ3v) is 6.82. The molecule has 0 heterocycles. The van der Waals surface area contributed by atoms with Crippen molar-refractivity contribution in [3.05, 3.63) is 64.7 Å². The van der Waals surface area contributed by atoms with Crippen molar-refractivity contribution in [1.82, 2.24) is 10.2 Å². The molecule has 2 amide bonds. The minimum absolute atomic E-state index is 0.209. The summed E-state index contributed by atoms with van der Waals surface area (Å²) >= 11 is 0. The van der Waals surface area contributed by atoms with Gasteiger partial charge >= 0.3 is 0 Å². The highest BCUT2D eigenvalue weighted by Gasteiger charge is 2.32. The highest BCUT2D eigenvalue weighted by atomic mass is 32.2. The second-order valence-corrected chi connectivity index (χ2v) is 10.2. The average molecular weight is 474 g/mol. The summed E-state index contributed by atoms with van der Waals surface area (Å²) in [5, 5.41) is 2.80. The molecule has 1 N–H and O–H groups in total. The number of nitrogens with zero attached hydrogens (tertiary/aromatic N) is 2. The standard InChI is InChI=1S/C25H35N3O4S/c1-7-22(25(30)26-8-2)27(16-21-13-9-11-18(3)15-21)24(29)17-28(33(6,31)32)23-14-10-12-19(4)20(23)5/h9-15,22H,7-8,16-17H2,1-6H3,(H,26,30). The largest absolute Gasteiger partial charge is 0.355 e. The first-order chi connectivity index (χ1) is 15.5. The van der Waals surface area contributed by atoms with E-state index in [4.69, 9.17) is 0 Å². The Bertz CT molecular complexity index is 1100. The second kappa shape index (κ2) is 11.3. The summed E-state index contributed by atoms with van der Waals surface area (Å²) in [6.45, 7) is 9.63. The van der Waals surface area contributed by atoms with E-state index in [1.54, 1.807) is 12.1 Å². The molecular weight excluding hydrogens is 438 g/mol. The Hall–Kier alpha value is -2.87. The predicted octanol–water partition coefficient (Wildman–Crippen LogP) is 3.32. The predicted molar refractivity (Wildman–Crippen MR) is 133 cm³/mol. The number of anilines is 1. The molecule has 7 nitrogen and oxygen atoms in total. The van der Waals surface area contributed by atoms with E-state index in [0.29, 0.717) is 18.7 Å². The molecule has 8 heteroatoms. The van der Waals surface area contributed by atoms with Crippen LogP contribution in [0.5, 0.6) is 0 Å². The minimum atomic E-state index is -3.74. The van der Waals surface area contributed by atoms with E-state index < -0.39 is 22.0 Å². The molecule has 2 rings (SSSR count). The molecule has 0 saturated carbocycles. The van der Waals surface area contributed by atoms with Gasteiger partial charge in [0.05, 0.1) is 11.9 Å². The van der Waals surface area contributed by atoms with Crippen molar-refractivity contribution in [2.24, 2.45) is 0 Å². The molecule has 1 atom stereocenters. The van der Waals surface area contributed by atoms with Gasteiger partial charge in [-0.2, -0.15) is 0 Å². The Morgan fingerprint density at radius 2 is 1.70 bits per heavy atom. The Kier molecular flexibility index (Phi) is 9.05. The van der Waals surface area contributed by atoms with E-state index >= 15 is 0 Å². The molecule has 0 fully saturated rings. The van der Waals surface area contributed by atoms with Crippen LogP contribution in [0.3, 0.4) is 0 Å². The lowest BCUT2D eigenvalue weighted by Crippen LogP contribution is -2.52. The number of likely N-dealkylation sites (N-methyl/N-ethyl adjacent to an activating group) is 1. The van der Waals surface area contributed by atoms with Crippen molar-refractivity contribution in [2.75, 3.05) is 23.7 Å². The van der Waals surface area contributed by atoms with Crippen molar-refractivity contribution in [3.63, 3.8) is 0 Å². The van der Waals surface area contributed by atoms with Gasteiger partial charge in [0, 0.05) is 13.1 Å². The fourth-order valence-corrected chi connectivity index (χ4v) is 4.72. The lowest BCUT2D eigenvalue weighted by molar-refractivity contribution is -0.140. The zero-order valence-electron chi connectivity index (χ0n) is 20.4. The molecule has 33 heavy (non-hydrogen) atoms. The maximum atomic E-state index is 13.6. The summed E-state index contributed by atoms with van der Waals surface area (Å²) < 4.78 is 26.5. The number of benzene rings is 2. The number of carbonyl (C=O) groups is 2. The van der Waals surface area contributed by atoms with Gasteiger partial charge in [-0.3, -0.25) is 13.9 Å². The molecule has 0 spiro atoms. The Balaban J connectivity index is 2.48. The van der Waals surface area contributed by atoms with Crippen LogP contribution in [0.4, 0.5) is 5.69 Å². The number of aryl methyl sites for hydroxylation is 2. The number of carbonyl (C=O) groups excluding carboxylic acids is 2. The van der Waals surface area contributed by atoms with Crippen molar-refractivity contribution in [1.29, 1.82) is 0 Å². The summed E-state index contributed by atoms with van der Waals surface area (Å²) in [6.07, 6.45) is 1.50. The zero-order valence-corrected chi connectivity index (χ0v) is 21.2. The molecule has 2 aromatic carbocycles. The monoisotopic (exact) mass is 473 g/mol. The normalized spacial score (nSPS) is 12.2. The van der Waals surface area contributed by atoms with Gasteiger partial charge in [-0.25, -0.2) is 8.42 Å². The van der Waals surface area contributed by atoms with Gasteiger partial charge in [0.2, 0.25) is 21.8 Å². The fraction of sp³-hybridized carbons (Fsp3) is 0.440. The molecule has 0 bridgehead atoms. The first-order valence-electron chi connectivity index (χ1n) is 11.2. The molecule has 0 saturated heterocycles. The summed E-state index contributed by atoms with van der Waals surface area (Å²) in [4.78, 5) is 27.9. The number of amides is 2. The summed E-state index contributed by atoms with van der Waals surface area (Å²) in [5.74, 6) is -0.681. The van der Waals surface area contributed by atoms with Crippen LogP contribution in [0.15, 0.2) is 42.5 Å². The smallest absolute Gasteiger partial charge is 0.244 e. The van der Waals surface area contributed by atoms with Crippen LogP contribution in [0, 0.1) is 20.8 Å². The number of rotatable bonds is 10. The Morgan fingerprint density at radius 3 is 2.27 bits per heavy atom. The van der Waals surface area contributed by atoms with E-state index in [0.717, 1.165) is 32.8 Å². The van der Waals surface area contributed by atoms with Crippen molar-refractivity contribution in [2.45, 2.75) is 53.6 Å². The molecule has 1 unspecified atom stereocenters. The number of hydrogen-bond acceptors (Lipinski definition) is 4. The Morgan fingerprint density at radius 1 is 1.03 bits per heavy atom. The van der Waals surface area contributed by atoms with Crippen LogP contribution >= 0.6 is 0 Å². The molecule has 2 aromatic rings. The van der Waals surface area contributed by atoms with Crippen LogP contribution in [0.2, 0.25) is 0 Å². The summed E-state index contributed by atoms with van der Waals surface area (Å²) in [6, 6.07) is 12.4. The number of nitrogens with one attached hydrogen (secondary N) is 1. The highest BCUT2D eigenvalue weighted by molar-refractivity contribution is 7.92. The van der Waals surface area contributed by atoms with Crippen LogP contribution in [-0.4, -0.2) is 50.5 Å². The first kappa shape index (κ1) is 26.4. The van der Waals surface area contributed by atoms with Crippen molar-refractivity contribution < 1.29 is 18.0 Å². The molecule has 0 aliphatic heterocycles. The maximum absolute atomic E-state index is 13.6. The number of sulfonamides is 1. The summed E-state index contributed by atoms with van der Waals surface area (Å²) in [5.41, 5.74) is 4.10. The maximum Gasteiger partial charge on any atom is 0.244 e. The van der Waals surface area contributed by atoms with E-state index in [1.807, 2.05) is 65.0 Å². The van der Waals surface area contributed by atoms with E-state index in [9.17, 15) is 18.0 Å².